The average Bonchev–Trinajstić information content (AvgIpc) is 2.72. The van der Waals surface area contributed by atoms with Crippen LogP contribution in [-0.4, -0.2) is 25.2 Å². The van der Waals surface area contributed by atoms with Gasteiger partial charge in [0.25, 0.3) is 0 Å². The predicted octanol–water partition coefficient (Wildman–Crippen LogP) is 4.33. The Morgan fingerprint density at radius 1 is 1.10 bits per heavy atom. The SMILES string of the molecule is Cc1c(/C=C/c2ccc(/C=C(\C#N)C(=O)O)cc2)c(=O)oc2cc(N(C)C)ccc12. The fourth-order valence-electron chi connectivity index (χ4n) is 3.02. The summed E-state index contributed by atoms with van der Waals surface area (Å²) in [5.74, 6) is -1.27. The van der Waals surface area contributed by atoms with Gasteiger partial charge in [-0.15, -0.1) is 0 Å². The maximum Gasteiger partial charge on any atom is 0.346 e. The summed E-state index contributed by atoms with van der Waals surface area (Å²) in [6, 6.07) is 14.4. The standard InChI is InChI=1S/C24H20N2O4/c1-15-20-11-9-19(26(2)3)13-22(20)30-24(29)21(15)10-8-16-4-6-17(7-5-16)12-18(14-25)23(27)28/h4-13H,1-3H3,(H,27,28)/b10-8+,18-12+. The normalized spacial score (nSPS) is 11.6. The van der Waals surface area contributed by atoms with Crippen molar-refractivity contribution in [2.45, 2.75) is 6.92 Å². The number of aliphatic carboxylic acids is 1. The second-order valence-electron chi connectivity index (χ2n) is 6.98. The molecule has 6 nitrogen and oxygen atoms in total. The number of aryl methyl sites for hydroxylation is 1. The molecule has 1 aromatic heterocycles. The lowest BCUT2D eigenvalue weighted by molar-refractivity contribution is -0.132. The van der Waals surface area contributed by atoms with Crippen LogP contribution in [0.15, 0.2) is 57.2 Å². The second-order valence-corrected chi connectivity index (χ2v) is 6.98. The van der Waals surface area contributed by atoms with E-state index in [-0.39, 0.29) is 5.57 Å². The summed E-state index contributed by atoms with van der Waals surface area (Å²) in [6.45, 7) is 1.89. The Kier molecular flexibility index (Phi) is 5.84. The van der Waals surface area contributed by atoms with Gasteiger partial charge in [0.2, 0.25) is 0 Å². The van der Waals surface area contributed by atoms with E-state index in [9.17, 15) is 9.59 Å². The highest BCUT2D eigenvalue weighted by Crippen LogP contribution is 2.25. The molecule has 0 atom stereocenters. The minimum absolute atomic E-state index is 0.333. The van der Waals surface area contributed by atoms with Crippen LogP contribution in [0.1, 0.15) is 22.3 Å². The number of nitrogens with zero attached hydrogens (tertiary/aromatic N) is 2. The number of carboxylic acids is 1. The molecule has 0 aliphatic carbocycles. The summed E-state index contributed by atoms with van der Waals surface area (Å²) in [5.41, 5.74) is 3.48. The quantitative estimate of drug-likeness (QED) is 0.389. The monoisotopic (exact) mass is 400 g/mol. The Bertz CT molecular complexity index is 1270. The number of anilines is 1. The van der Waals surface area contributed by atoms with Crippen molar-refractivity contribution in [2.75, 3.05) is 19.0 Å². The van der Waals surface area contributed by atoms with Gasteiger partial charge in [-0.25, -0.2) is 9.59 Å². The number of carbonyl (C=O) groups is 1. The molecule has 1 heterocycles. The number of hydrogen-bond donors (Lipinski definition) is 1. The lowest BCUT2D eigenvalue weighted by Gasteiger charge is -2.13. The first-order valence-corrected chi connectivity index (χ1v) is 9.18. The maximum atomic E-state index is 12.5. The summed E-state index contributed by atoms with van der Waals surface area (Å²) in [4.78, 5) is 25.4. The Hall–Kier alpha value is -4.11. The van der Waals surface area contributed by atoms with Crippen LogP contribution in [-0.2, 0) is 4.79 Å². The number of fused-ring (bicyclic) bond motifs is 1. The van der Waals surface area contributed by atoms with Gasteiger partial charge in [-0.3, -0.25) is 0 Å². The van der Waals surface area contributed by atoms with Gasteiger partial charge in [0.15, 0.2) is 0 Å². The first-order valence-electron chi connectivity index (χ1n) is 9.18. The zero-order valence-corrected chi connectivity index (χ0v) is 16.8. The lowest BCUT2D eigenvalue weighted by Crippen LogP contribution is -2.09. The summed E-state index contributed by atoms with van der Waals surface area (Å²) in [6.07, 6.45) is 4.80. The molecule has 0 aliphatic rings. The molecule has 3 aromatic rings. The van der Waals surface area contributed by atoms with E-state index in [1.807, 2.05) is 44.1 Å². The number of rotatable bonds is 5. The van der Waals surface area contributed by atoms with E-state index in [0.29, 0.717) is 16.7 Å². The average molecular weight is 400 g/mol. The topological polar surface area (TPSA) is 94.5 Å². The summed E-state index contributed by atoms with van der Waals surface area (Å²) < 4.78 is 5.52. The highest BCUT2D eigenvalue weighted by atomic mass is 16.4. The van der Waals surface area contributed by atoms with Crippen LogP contribution in [0.2, 0.25) is 0 Å². The molecular formula is C24H20N2O4. The summed E-state index contributed by atoms with van der Waals surface area (Å²) >= 11 is 0. The molecule has 0 aliphatic heterocycles. The van der Waals surface area contributed by atoms with Gasteiger partial charge in [0.05, 0.1) is 5.56 Å². The fourth-order valence-corrected chi connectivity index (χ4v) is 3.02. The van der Waals surface area contributed by atoms with Crippen LogP contribution in [0.4, 0.5) is 5.69 Å². The molecule has 0 radical (unpaired) electrons. The van der Waals surface area contributed by atoms with Crippen LogP contribution in [0, 0.1) is 18.3 Å². The third-order valence-electron chi connectivity index (χ3n) is 4.75. The fraction of sp³-hybridized carbons (Fsp3) is 0.125. The molecular weight excluding hydrogens is 380 g/mol. The van der Waals surface area contributed by atoms with Gasteiger partial charge < -0.3 is 14.4 Å². The molecule has 0 unspecified atom stereocenters. The van der Waals surface area contributed by atoms with E-state index in [1.54, 1.807) is 42.5 Å². The van der Waals surface area contributed by atoms with Crippen LogP contribution < -0.4 is 10.5 Å². The van der Waals surface area contributed by atoms with Crippen LogP contribution in [0.3, 0.4) is 0 Å². The van der Waals surface area contributed by atoms with E-state index in [1.165, 1.54) is 6.08 Å². The largest absolute Gasteiger partial charge is 0.477 e. The Morgan fingerprint density at radius 2 is 1.77 bits per heavy atom. The number of hydrogen-bond acceptors (Lipinski definition) is 5. The molecule has 0 amide bonds. The van der Waals surface area contributed by atoms with Crippen LogP contribution >= 0.6 is 0 Å². The molecule has 0 fully saturated rings. The summed E-state index contributed by atoms with van der Waals surface area (Å²) in [7, 11) is 3.85. The van der Waals surface area contributed by atoms with E-state index in [4.69, 9.17) is 14.8 Å². The van der Waals surface area contributed by atoms with E-state index >= 15 is 0 Å². The number of benzene rings is 2. The molecule has 0 saturated carbocycles. The van der Waals surface area contributed by atoms with Gasteiger partial charge in [-0.05, 0) is 47.9 Å². The molecule has 0 bridgehead atoms. The van der Waals surface area contributed by atoms with Crippen molar-refractivity contribution in [1.29, 1.82) is 5.26 Å². The summed E-state index contributed by atoms with van der Waals surface area (Å²) in [5, 5.41) is 18.6. The van der Waals surface area contributed by atoms with Gasteiger partial charge in [-0.2, -0.15) is 5.26 Å². The zero-order chi connectivity index (χ0) is 21.8. The van der Waals surface area contributed by atoms with Gasteiger partial charge in [0, 0.05) is 31.2 Å². The maximum absolute atomic E-state index is 12.5. The molecule has 1 N–H and O–H groups in total. The van der Waals surface area contributed by atoms with Crippen molar-refractivity contribution < 1.29 is 14.3 Å². The van der Waals surface area contributed by atoms with Crippen molar-refractivity contribution in [3.8, 4) is 6.07 Å². The third-order valence-corrected chi connectivity index (χ3v) is 4.75. The smallest absolute Gasteiger partial charge is 0.346 e. The van der Waals surface area contributed by atoms with E-state index < -0.39 is 11.6 Å². The first kappa shape index (κ1) is 20.6. The van der Waals surface area contributed by atoms with Crippen molar-refractivity contribution in [1.82, 2.24) is 0 Å². The molecule has 3 rings (SSSR count). The zero-order valence-electron chi connectivity index (χ0n) is 16.8. The van der Waals surface area contributed by atoms with Crippen LogP contribution in [0.25, 0.3) is 29.2 Å². The molecule has 150 valence electrons. The Balaban J connectivity index is 1.92. The van der Waals surface area contributed by atoms with Crippen molar-refractivity contribution >= 4 is 40.9 Å². The highest BCUT2D eigenvalue weighted by molar-refractivity contribution is 5.96. The lowest BCUT2D eigenvalue weighted by atomic mass is 10.0. The van der Waals surface area contributed by atoms with Crippen molar-refractivity contribution in [2.24, 2.45) is 0 Å². The van der Waals surface area contributed by atoms with E-state index in [0.717, 1.165) is 22.2 Å². The molecule has 30 heavy (non-hydrogen) atoms. The molecule has 0 saturated heterocycles. The number of carboxylic acid groups (broad SMARTS) is 1. The van der Waals surface area contributed by atoms with Crippen molar-refractivity contribution in [3.63, 3.8) is 0 Å². The minimum Gasteiger partial charge on any atom is -0.477 e. The molecule has 6 heteroatoms. The number of nitriles is 1. The second kappa shape index (κ2) is 8.50. The molecule has 0 spiro atoms. The van der Waals surface area contributed by atoms with Gasteiger partial charge in [0.1, 0.15) is 17.2 Å². The molecule has 2 aromatic carbocycles. The van der Waals surface area contributed by atoms with E-state index in [2.05, 4.69) is 0 Å². The third kappa shape index (κ3) is 4.31. The van der Waals surface area contributed by atoms with Gasteiger partial charge >= 0.3 is 11.6 Å². The highest BCUT2D eigenvalue weighted by Gasteiger charge is 2.10. The first-order chi connectivity index (χ1) is 14.3. The minimum atomic E-state index is -1.27. The Labute approximate surface area is 173 Å². The van der Waals surface area contributed by atoms with Gasteiger partial charge in [-0.1, -0.05) is 30.3 Å². The van der Waals surface area contributed by atoms with Crippen molar-refractivity contribution in [3.05, 3.63) is 80.7 Å². The predicted molar refractivity (Wildman–Crippen MR) is 118 cm³/mol. The van der Waals surface area contributed by atoms with Crippen LogP contribution in [0.5, 0.6) is 0 Å². The Morgan fingerprint density at radius 3 is 2.37 bits per heavy atom.